The van der Waals surface area contributed by atoms with Crippen LogP contribution < -0.4 is 5.73 Å². The molecule has 1 aliphatic rings. The van der Waals surface area contributed by atoms with Gasteiger partial charge < -0.3 is 5.73 Å². The normalized spacial score (nSPS) is 30.3. The Bertz CT molecular complexity index is 336. The zero-order valence-electron chi connectivity index (χ0n) is 9.88. The molecule has 0 amide bonds. The molecule has 2 heteroatoms. The van der Waals surface area contributed by atoms with E-state index >= 15 is 0 Å². The zero-order valence-corrected chi connectivity index (χ0v) is 9.88. The van der Waals surface area contributed by atoms with E-state index in [2.05, 4.69) is 6.92 Å². The highest BCUT2D eigenvalue weighted by Gasteiger charge is 2.30. The molecular weight excluding hydrogens is 201 g/mol. The van der Waals surface area contributed by atoms with Crippen molar-refractivity contribution in [1.29, 1.82) is 0 Å². The smallest absolute Gasteiger partial charge is 0.123 e. The first kappa shape index (κ1) is 11.6. The summed E-state index contributed by atoms with van der Waals surface area (Å²) >= 11 is 0. The summed E-state index contributed by atoms with van der Waals surface area (Å²) in [7, 11) is 0. The molecule has 1 nitrogen and oxygen atoms in total. The molecule has 0 aliphatic heterocycles. The summed E-state index contributed by atoms with van der Waals surface area (Å²) in [5.74, 6) is 0.636. The van der Waals surface area contributed by atoms with E-state index in [1.54, 1.807) is 0 Å². The molecule has 0 saturated heterocycles. The van der Waals surface area contributed by atoms with Crippen LogP contribution in [0.5, 0.6) is 0 Å². The van der Waals surface area contributed by atoms with Gasteiger partial charge in [-0.25, -0.2) is 4.39 Å². The largest absolute Gasteiger partial charge is 0.325 e. The van der Waals surface area contributed by atoms with Crippen molar-refractivity contribution in [3.05, 3.63) is 35.6 Å². The first-order chi connectivity index (χ1) is 7.57. The Labute approximate surface area is 96.9 Å². The summed E-state index contributed by atoms with van der Waals surface area (Å²) in [5.41, 5.74) is 7.48. The molecule has 0 aromatic heterocycles. The number of hydrogen-bond donors (Lipinski definition) is 1. The minimum Gasteiger partial charge on any atom is -0.325 e. The Morgan fingerprint density at radius 2 is 1.81 bits per heavy atom. The van der Waals surface area contributed by atoms with Gasteiger partial charge in [0.25, 0.3) is 0 Å². The number of halogens is 1. The lowest BCUT2D eigenvalue weighted by atomic mass is 9.75. The maximum atomic E-state index is 12.8. The van der Waals surface area contributed by atoms with Crippen LogP contribution in [-0.4, -0.2) is 5.54 Å². The van der Waals surface area contributed by atoms with Crippen LogP contribution in [0.2, 0.25) is 0 Å². The lowest BCUT2D eigenvalue weighted by molar-refractivity contribution is 0.243. The van der Waals surface area contributed by atoms with Gasteiger partial charge in [0.1, 0.15) is 5.82 Å². The third-order valence-electron chi connectivity index (χ3n) is 3.74. The van der Waals surface area contributed by atoms with Crippen LogP contribution >= 0.6 is 0 Å². The second-order valence-corrected chi connectivity index (χ2v) is 5.35. The van der Waals surface area contributed by atoms with Crippen molar-refractivity contribution in [2.75, 3.05) is 0 Å². The molecule has 0 unspecified atom stereocenters. The van der Waals surface area contributed by atoms with Crippen LogP contribution in [0.25, 0.3) is 0 Å². The zero-order chi connectivity index (χ0) is 11.6. The molecule has 0 atom stereocenters. The van der Waals surface area contributed by atoms with E-state index in [0.29, 0.717) is 0 Å². The molecule has 1 fully saturated rings. The average molecular weight is 221 g/mol. The van der Waals surface area contributed by atoms with E-state index < -0.39 is 0 Å². The fourth-order valence-corrected chi connectivity index (χ4v) is 2.52. The standard InChI is InChI=1S/C14H20FN/c1-11-6-8-14(16,9-7-11)10-12-2-4-13(15)5-3-12/h2-5,11H,6-10,16H2,1H3. The van der Waals surface area contributed by atoms with Crippen molar-refractivity contribution >= 4 is 0 Å². The number of nitrogens with two attached hydrogens (primary N) is 1. The predicted octanol–water partition coefficient (Wildman–Crippen LogP) is 3.28. The summed E-state index contributed by atoms with van der Waals surface area (Å²) < 4.78 is 12.8. The SMILES string of the molecule is CC1CCC(N)(Cc2ccc(F)cc2)CC1. The molecule has 16 heavy (non-hydrogen) atoms. The minimum atomic E-state index is -0.174. The van der Waals surface area contributed by atoms with Gasteiger partial charge in [-0.1, -0.05) is 19.1 Å². The van der Waals surface area contributed by atoms with Gasteiger partial charge in [-0.2, -0.15) is 0 Å². The van der Waals surface area contributed by atoms with Crippen LogP contribution in [0.1, 0.15) is 38.2 Å². The Balaban J connectivity index is 2.00. The summed E-state index contributed by atoms with van der Waals surface area (Å²) in [6, 6.07) is 6.73. The maximum absolute atomic E-state index is 12.8. The van der Waals surface area contributed by atoms with Gasteiger partial charge in [0.2, 0.25) is 0 Å². The highest BCUT2D eigenvalue weighted by molar-refractivity contribution is 5.19. The number of benzene rings is 1. The minimum absolute atomic E-state index is 0.0651. The van der Waals surface area contributed by atoms with Crippen LogP contribution in [0, 0.1) is 11.7 Å². The third kappa shape index (κ3) is 2.82. The first-order valence-corrected chi connectivity index (χ1v) is 6.11. The van der Waals surface area contributed by atoms with Crippen LogP contribution in [0.15, 0.2) is 24.3 Å². The average Bonchev–Trinajstić information content (AvgIpc) is 2.27. The topological polar surface area (TPSA) is 26.0 Å². The molecule has 1 aromatic rings. The van der Waals surface area contributed by atoms with Crippen molar-refractivity contribution in [1.82, 2.24) is 0 Å². The number of hydrogen-bond acceptors (Lipinski definition) is 1. The molecule has 0 radical (unpaired) electrons. The van der Waals surface area contributed by atoms with Gasteiger partial charge in [0, 0.05) is 5.54 Å². The van der Waals surface area contributed by atoms with Crippen LogP contribution in [0.3, 0.4) is 0 Å². The van der Waals surface area contributed by atoms with Gasteiger partial charge in [-0.15, -0.1) is 0 Å². The van der Waals surface area contributed by atoms with Crippen molar-refractivity contribution in [3.63, 3.8) is 0 Å². The van der Waals surface area contributed by atoms with Gasteiger partial charge in [-0.3, -0.25) is 0 Å². The van der Waals surface area contributed by atoms with E-state index in [9.17, 15) is 4.39 Å². The molecule has 1 saturated carbocycles. The molecule has 0 spiro atoms. The van der Waals surface area contributed by atoms with Gasteiger partial charge in [0.15, 0.2) is 0 Å². The van der Waals surface area contributed by atoms with Gasteiger partial charge in [0.05, 0.1) is 0 Å². The summed E-state index contributed by atoms with van der Waals surface area (Å²) in [5, 5.41) is 0. The molecule has 1 aromatic carbocycles. The summed E-state index contributed by atoms with van der Waals surface area (Å²) in [6.45, 7) is 2.29. The van der Waals surface area contributed by atoms with Crippen molar-refractivity contribution in [2.45, 2.75) is 44.6 Å². The van der Waals surface area contributed by atoms with E-state index in [4.69, 9.17) is 5.73 Å². The lowest BCUT2D eigenvalue weighted by Crippen LogP contribution is -2.45. The summed E-state index contributed by atoms with van der Waals surface area (Å²) in [6.07, 6.45) is 5.49. The molecule has 2 rings (SSSR count). The quantitative estimate of drug-likeness (QED) is 0.815. The fraction of sp³-hybridized carbons (Fsp3) is 0.571. The highest BCUT2D eigenvalue weighted by atomic mass is 19.1. The molecule has 2 N–H and O–H groups in total. The lowest BCUT2D eigenvalue weighted by Gasteiger charge is -2.36. The second-order valence-electron chi connectivity index (χ2n) is 5.35. The van der Waals surface area contributed by atoms with Crippen molar-refractivity contribution < 1.29 is 4.39 Å². The van der Waals surface area contributed by atoms with Gasteiger partial charge in [-0.05, 0) is 55.7 Å². The monoisotopic (exact) mass is 221 g/mol. The molecular formula is C14H20FN. The van der Waals surface area contributed by atoms with Gasteiger partial charge >= 0.3 is 0 Å². The summed E-state index contributed by atoms with van der Waals surface area (Å²) in [4.78, 5) is 0. The Morgan fingerprint density at radius 3 is 2.38 bits per heavy atom. The fourth-order valence-electron chi connectivity index (χ4n) is 2.52. The molecule has 0 bridgehead atoms. The highest BCUT2D eigenvalue weighted by Crippen LogP contribution is 2.32. The maximum Gasteiger partial charge on any atom is 0.123 e. The van der Waals surface area contributed by atoms with Crippen LogP contribution in [0.4, 0.5) is 4.39 Å². The van der Waals surface area contributed by atoms with Crippen LogP contribution in [-0.2, 0) is 6.42 Å². The van der Waals surface area contributed by atoms with E-state index in [-0.39, 0.29) is 11.4 Å². The predicted molar refractivity (Wildman–Crippen MR) is 64.7 cm³/mol. The van der Waals surface area contributed by atoms with Crippen molar-refractivity contribution in [2.24, 2.45) is 11.7 Å². The third-order valence-corrected chi connectivity index (χ3v) is 3.74. The molecule has 0 heterocycles. The van der Waals surface area contributed by atoms with Crippen molar-refractivity contribution in [3.8, 4) is 0 Å². The second kappa shape index (κ2) is 4.54. The Kier molecular flexibility index (Phi) is 3.29. The Morgan fingerprint density at radius 1 is 1.25 bits per heavy atom. The van der Waals surface area contributed by atoms with E-state index in [0.717, 1.165) is 30.7 Å². The van der Waals surface area contributed by atoms with E-state index in [1.807, 2.05) is 12.1 Å². The molecule has 1 aliphatic carbocycles. The first-order valence-electron chi connectivity index (χ1n) is 6.11. The van der Waals surface area contributed by atoms with E-state index in [1.165, 1.54) is 25.0 Å². The molecule has 88 valence electrons. The number of rotatable bonds is 2. The Hall–Kier alpha value is -0.890.